The van der Waals surface area contributed by atoms with E-state index in [0.29, 0.717) is 0 Å². The van der Waals surface area contributed by atoms with Crippen molar-refractivity contribution >= 4 is 0 Å². The molecule has 0 fully saturated rings. The van der Waals surface area contributed by atoms with Crippen LogP contribution in [0.5, 0.6) is 0 Å². The molecule has 0 N–H and O–H groups in total. The maximum Gasteiger partial charge on any atom is -0.0000468 e. The highest BCUT2D eigenvalue weighted by atomic mass is 13.6. The van der Waals surface area contributed by atoms with Gasteiger partial charge in [0, 0.05) is 0 Å². The van der Waals surface area contributed by atoms with Crippen molar-refractivity contribution in [3.05, 3.63) is 36.4 Å². The van der Waals surface area contributed by atoms with Crippen LogP contribution in [0.2, 0.25) is 0 Å². The highest BCUT2D eigenvalue weighted by molar-refractivity contribution is 4.90. The van der Waals surface area contributed by atoms with Gasteiger partial charge in [-0.2, -0.15) is 0 Å². The van der Waals surface area contributed by atoms with Gasteiger partial charge in [0.25, 0.3) is 0 Å². The van der Waals surface area contributed by atoms with E-state index in [-0.39, 0.29) is 0 Å². The lowest BCUT2D eigenvalue weighted by Gasteiger charge is -1.64. The molecule has 0 aliphatic rings. The zero-order valence-electron chi connectivity index (χ0n) is 3.08. The Morgan fingerprint density at radius 2 is 1.50 bits per heavy atom. The summed E-state index contributed by atoms with van der Waals surface area (Å²) < 4.78 is 0. The topological polar surface area (TPSA) is 0 Å². The van der Waals surface area contributed by atoms with E-state index in [2.05, 4.69) is 30.3 Å². The summed E-state index contributed by atoms with van der Waals surface area (Å²) in [4.78, 5) is 0. The van der Waals surface area contributed by atoms with Gasteiger partial charge >= 0.3 is 0 Å². The van der Waals surface area contributed by atoms with E-state index in [1.54, 1.807) is 6.07 Å². The molecular formula is C6H. The number of rotatable bonds is 0. The van der Waals surface area contributed by atoms with Gasteiger partial charge in [-0.3, -0.25) is 0 Å². The fourth-order valence-electron chi connectivity index (χ4n) is 0.212. The van der Waals surface area contributed by atoms with Crippen molar-refractivity contribution in [1.82, 2.24) is 0 Å². The second kappa shape index (κ2) is 1.61. The molecule has 6 heavy (non-hydrogen) atoms. The minimum absolute atomic E-state index is 1.61. The summed E-state index contributed by atoms with van der Waals surface area (Å²) in [6.07, 6.45) is 0. The average molecular weight is 73.1 g/mol. The van der Waals surface area contributed by atoms with Crippen LogP contribution in [0.15, 0.2) is 6.07 Å². The Morgan fingerprint density at radius 3 is 1.67 bits per heavy atom. The molecule has 1 rings (SSSR count). The molecule has 0 heterocycles. The molecule has 0 spiro atoms. The number of benzene rings is 1. The van der Waals surface area contributed by atoms with Crippen molar-refractivity contribution in [2.24, 2.45) is 0 Å². The van der Waals surface area contributed by atoms with E-state index in [0.717, 1.165) is 0 Å². The molecule has 25 valence electrons. The second-order valence-electron chi connectivity index (χ2n) is 0.808. The second-order valence-corrected chi connectivity index (χ2v) is 0.808. The minimum atomic E-state index is 1.61. The van der Waals surface area contributed by atoms with Crippen molar-refractivity contribution in [1.29, 1.82) is 0 Å². The molecule has 5 radical (unpaired) electrons. The normalized spacial score (nSPS) is 8.00. The van der Waals surface area contributed by atoms with Gasteiger partial charge in [-0.25, -0.2) is 0 Å². The predicted octanol–water partition coefficient (Wildman–Crippen LogP) is 0.688. The standard InChI is InChI=1S/C6H/c1-2-4-6-5-3-1/h1H. The van der Waals surface area contributed by atoms with E-state index < -0.39 is 0 Å². The van der Waals surface area contributed by atoms with Gasteiger partial charge in [-0.15, -0.1) is 0 Å². The van der Waals surface area contributed by atoms with Crippen molar-refractivity contribution in [2.45, 2.75) is 0 Å². The monoisotopic (exact) mass is 73.0 g/mol. The van der Waals surface area contributed by atoms with Crippen molar-refractivity contribution in [2.75, 3.05) is 0 Å². The van der Waals surface area contributed by atoms with E-state index in [4.69, 9.17) is 0 Å². The number of hydrogen-bond donors (Lipinski definition) is 0. The molecule has 0 unspecified atom stereocenters. The van der Waals surface area contributed by atoms with Crippen LogP contribution >= 0.6 is 0 Å². The fourth-order valence-corrected chi connectivity index (χ4v) is 0.212. The van der Waals surface area contributed by atoms with Crippen LogP contribution in [0.3, 0.4) is 0 Å². The third-order valence-electron chi connectivity index (χ3n) is 0.414. The summed E-state index contributed by atoms with van der Waals surface area (Å²) in [6.45, 7) is 0. The summed E-state index contributed by atoms with van der Waals surface area (Å²) in [7, 11) is 0. The molecule has 1 aromatic rings. The SMILES string of the molecule is [c]1[c][c]c[c][c]1. The maximum absolute atomic E-state index is 2.62. The largest absolute Gasteiger partial charge is 0.0452 e. The zero-order valence-corrected chi connectivity index (χ0v) is 3.08. The summed E-state index contributed by atoms with van der Waals surface area (Å²) in [5.41, 5.74) is 0. The van der Waals surface area contributed by atoms with Gasteiger partial charge in [-0.05, 0) is 36.4 Å². The summed E-state index contributed by atoms with van der Waals surface area (Å²) in [6, 6.07) is 14.5. The first-order valence-corrected chi connectivity index (χ1v) is 1.58. The van der Waals surface area contributed by atoms with E-state index in [9.17, 15) is 0 Å². The van der Waals surface area contributed by atoms with Gasteiger partial charge in [0.2, 0.25) is 0 Å². The van der Waals surface area contributed by atoms with Crippen LogP contribution in [-0.4, -0.2) is 0 Å². The lowest BCUT2D eigenvalue weighted by molar-refractivity contribution is 1.63. The molecular weight excluding hydrogens is 72.1 g/mol. The first-order valence-electron chi connectivity index (χ1n) is 1.58. The minimum Gasteiger partial charge on any atom is -0.0452 e. The van der Waals surface area contributed by atoms with Crippen LogP contribution in [0.1, 0.15) is 0 Å². The summed E-state index contributed by atoms with van der Waals surface area (Å²) in [5, 5.41) is 0. The lowest BCUT2D eigenvalue weighted by atomic mass is 10.4. The van der Waals surface area contributed by atoms with Gasteiger partial charge in [0.15, 0.2) is 0 Å². The predicted molar refractivity (Wildman–Crippen MR) is 20.6 cm³/mol. The maximum atomic E-state index is 2.62. The Bertz CT molecular complexity index is 72.0. The highest BCUT2D eigenvalue weighted by Crippen LogP contribution is 1.73. The molecule has 0 aliphatic carbocycles. The average Bonchev–Trinajstić information content (AvgIpc) is 1.72. The zero-order chi connectivity index (χ0) is 4.24. The summed E-state index contributed by atoms with van der Waals surface area (Å²) >= 11 is 0. The molecule has 0 aliphatic heterocycles. The molecule has 1 aromatic carbocycles. The van der Waals surface area contributed by atoms with Crippen molar-refractivity contribution < 1.29 is 0 Å². The van der Waals surface area contributed by atoms with Gasteiger partial charge in [-0.1, -0.05) is 0 Å². The van der Waals surface area contributed by atoms with Crippen molar-refractivity contribution in [3.8, 4) is 0 Å². The molecule has 0 saturated carbocycles. The Kier molecular flexibility index (Phi) is 0.913. The third kappa shape index (κ3) is 0.582. The van der Waals surface area contributed by atoms with E-state index >= 15 is 0 Å². The lowest BCUT2D eigenvalue weighted by Crippen LogP contribution is -1.54. The van der Waals surface area contributed by atoms with Crippen LogP contribution < -0.4 is 0 Å². The van der Waals surface area contributed by atoms with Gasteiger partial charge in [0.05, 0.1) is 0 Å². The molecule has 0 atom stereocenters. The first-order chi connectivity index (χ1) is 3.00. The van der Waals surface area contributed by atoms with Crippen molar-refractivity contribution in [3.63, 3.8) is 0 Å². The third-order valence-corrected chi connectivity index (χ3v) is 0.414. The van der Waals surface area contributed by atoms with Gasteiger partial charge < -0.3 is 0 Å². The van der Waals surface area contributed by atoms with Crippen LogP contribution in [-0.2, 0) is 0 Å². The van der Waals surface area contributed by atoms with Gasteiger partial charge in [0.1, 0.15) is 0 Å². The molecule has 0 saturated heterocycles. The highest BCUT2D eigenvalue weighted by Gasteiger charge is 1.63. The van der Waals surface area contributed by atoms with E-state index in [1.165, 1.54) is 0 Å². The Labute approximate surface area is 37.4 Å². The quantitative estimate of drug-likeness (QED) is 0.424. The van der Waals surface area contributed by atoms with E-state index in [1.807, 2.05) is 0 Å². The Hall–Kier alpha value is -0.780. The summed E-state index contributed by atoms with van der Waals surface area (Å²) in [5.74, 6) is 0. The fraction of sp³-hybridized carbons (Fsp3) is 0. The number of hydrogen-bond acceptors (Lipinski definition) is 0. The van der Waals surface area contributed by atoms with Crippen LogP contribution in [0.25, 0.3) is 0 Å². The Morgan fingerprint density at radius 1 is 0.833 bits per heavy atom. The molecule has 0 amide bonds. The molecule has 0 aromatic heterocycles. The Balaban J connectivity index is 3.00. The van der Waals surface area contributed by atoms with Crippen LogP contribution in [0.4, 0.5) is 0 Å². The molecule has 0 heteroatoms. The first kappa shape index (κ1) is 3.41. The smallest absolute Gasteiger partial charge is 0.0000468 e. The van der Waals surface area contributed by atoms with Crippen LogP contribution in [0, 0.1) is 30.3 Å². The molecule has 0 nitrogen and oxygen atoms in total. The molecule has 0 bridgehead atoms.